The van der Waals surface area contributed by atoms with Crippen molar-refractivity contribution in [3.05, 3.63) is 84.5 Å². The number of hydrogen-bond donors (Lipinski definition) is 3. The average molecular weight is 614 g/mol. The molecule has 1 atom stereocenters. The molecule has 0 saturated heterocycles. The Morgan fingerprint density at radius 1 is 0.884 bits per heavy atom. The molecule has 3 N–H and O–H groups in total. The van der Waals surface area contributed by atoms with E-state index >= 15 is 0 Å². The van der Waals surface area contributed by atoms with Crippen LogP contribution in [0.1, 0.15) is 81.5 Å². The fourth-order valence-electron chi connectivity index (χ4n) is 3.68. The number of ether oxygens (including phenoxy) is 2. The summed E-state index contributed by atoms with van der Waals surface area (Å²) < 4.78 is 10.4. The molecule has 0 spiro atoms. The fraction of sp³-hybridized carbons (Fsp3) is 0.441. The Labute approximate surface area is 260 Å². The molecule has 1 unspecified atom stereocenters. The summed E-state index contributed by atoms with van der Waals surface area (Å²) in [6, 6.07) is 3.66. The zero-order chi connectivity index (χ0) is 31.5. The average Bonchev–Trinajstić information content (AvgIpc) is 2.99. The van der Waals surface area contributed by atoms with Crippen LogP contribution in [0.25, 0.3) is 0 Å². The van der Waals surface area contributed by atoms with E-state index in [-0.39, 0.29) is 30.1 Å². The minimum absolute atomic E-state index is 0.0236. The van der Waals surface area contributed by atoms with Gasteiger partial charge in [-0.25, -0.2) is 9.59 Å². The number of aromatic carboxylic acids is 1. The number of carbonyl (C=O) groups excluding carboxylic acids is 2. The number of carbonyl (C=O) groups is 3. The van der Waals surface area contributed by atoms with Crippen molar-refractivity contribution in [2.24, 2.45) is 0 Å². The number of thioether (sulfide) groups is 1. The molecule has 0 aliphatic heterocycles. The van der Waals surface area contributed by atoms with E-state index in [9.17, 15) is 19.5 Å². The summed E-state index contributed by atoms with van der Waals surface area (Å²) in [6.07, 6.45) is 29.7. The molecule has 0 heterocycles. The van der Waals surface area contributed by atoms with Crippen LogP contribution in [-0.4, -0.2) is 53.0 Å². The van der Waals surface area contributed by atoms with Gasteiger partial charge in [-0.1, -0.05) is 67.7 Å². The molecule has 0 radical (unpaired) electrons. The molecule has 0 bridgehead atoms. The summed E-state index contributed by atoms with van der Waals surface area (Å²) in [5.41, 5.74) is -0.705. The highest BCUT2D eigenvalue weighted by Crippen LogP contribution is 2.22. The second-order valence-electron chi connectivity index (χ2n) is 9.51. The van der Waals surface area contributed by atoms with E-state index in [0.717, 1.165) is 63.2 Å². The van der Waals surface area contributed by atoms with Gasteiger partial charge in [0.05, 0.1) is 6.61 Å². The van der Waals surface area contributed by atoms with Gasteiger partial charge in [0.25, 0.3) is 0 Å². The van der Waals surface area contributed by atoms with Crippen LogP contribution in [-0.2, 0) is 14.3 Å². The number of unbranched alkanes of at least 4 members (excludes halogenated alkanes) is 2. The van der Waals surface area contributed by atoms with Crippen LogP contribution in [0.3, 0.4) is 0 Å². The van der Waals surface area contributed by atoms with E-state index in [2.05, 4.69) is 73.0 Å². The molecule has 1 aromatic carbocycles. The number of nitrogens with one attached hydrogen (secondary N) is 1. The van der Waals surface area contributed by atoms with Crippen molar-refractivity contribution >= 4 is 35.3 Å². The number of hydrogen-bond acceptors (Lipinski definition) is 7. The van der Waals surface area contributed by atoms with Gasteiger partial charge in [-0.15, -0.1) is 11.8 Å². The molecule has 0 aliphatic rings. The van der Waals surface area contributed by atoms with Gasteiger partial charge in [-0.2, -0.15) is 0 Å². The number of Topliss-reactive ketones (excluding diaryl/α,β-unsaturated/α-hetero) is 1. The van der Waals surface area contributed by atoms with Gasteiger partial charge in [0.15, 0.2) is 11.2 Å². The van der Waals surface area contributed by atoms with Crippen LogP contribution >= 0.6 is 11.8 Å². The van der Waals surface area contributed by atoms with Gasteiger partial charge in [0.1, 0.15) is 11.3 Å². The van der Waals surface area contributed by atoms with E-state index in [0.29, 0.717) is 6.42 Å². The molecule has 0 aromatic heterocycles. The lowest BCUT2D eigenvalue weighted by Crippen LogP contribution is -2.21. The van der Waals surface area contributed by atoms with Gasteiger partial charge in [-0.3, -0.25) is 10.1 Å². The number of carboxylic acid groups (broad SMARTS) is 1. The van der Waals surface area contributed by atoms with Crippen molar-refractivity contribution < 1.29 is 34.1 Å². The molecule has 0 aliphatic carbocycles. The van der Waals surface area contributed by atoms with Crippen LogP contribution < -0.4 is 5.32 Å². The van der Waals surface area contributed by atoms with Gasteiger partial charge in [0, 0.05) is 19.2 Å². The van der Waals surface area contributed by atoms with Crippen LogP contribution in [0.15, 0.2) is 79.0 Å². The third kappa shape index (κ3) is 19.3. The molecule has 0 fully saturated rings. The first kappa shape index (κ1) is 37.5. The Morgan fingerprint density at radius 2 is 1.49 bits per heavy atom. The lowest BCUT2D eigenvalue weighted by Gasteiger charge is -2.13. The van der Waals surface area contributed by atoms with Crippen molar-refractivity contribution in [2.75, 3.05) is 24.8 Å². The molecule has 1 amide bonds. The summed E-state index contributed by atoms with van der Waals surface area (Å²) >= 11 is 1.48. The molecule has 1 rings (SSSR count). The SMILES string of the molecule is CC/C=C\C/C=C\C/C=C\C/C=C\C/C=C\CCCCSC(OC)C(=O)CCCOC(=O)Nc1ccc(O)c(C(=O)O)c1. The first-order valence-electron chi connectivity index (χ1n) is 14.8. The normalized spacial score (nSPS) is 12.7. The second kappa shape index (κ2) is 25.0. The van der Waals surface area contributed by atoms with Crippen molar-refractivity contribution in [2.45, 2.75) is 76.6 Å². The highest BCUT2D eigenvalue weighted by molar-refractivity contribution is 8.00. The van der Waals surface area contributed by atoms with Gasteiger partial charge in [-0.05, 0) is 81.7 Å². The first-order valence-corrected chi connectivity index (χ1v) is 15.9. The highest BCUT2D eigenvalue weighted by atomic mass is 32.2. The molecule has 9 heteroatoms. The number of ketones is 1. The minimum Gasteiger partial charge on any atom is -0.507 e. The molecule has 43 heavy (non-hydrogen) atoms. The van der Waals surface area contributed by atoms with Crippen LogP contribution in [0.2, 0.25) is 0 Å². The molecule has 236 valence electrons. The Balaban J connectivity index is 2.10. The van der Waals surface area contributed by atoms with E-state index in [4.69, 9.17) is 14.6 Å². The quantitative estimate of drug-likeness (QED) is 0.0485. The van der Waals surface area contributed by atoms with Crippen molar-refractivity contribution in [1.29, 1.82) is 0 Å². The molecule has 0 saturated carbocycles. The Bertz CT molecular complexity index is 1110. The monoisotopic (exact) mass is 613 g/mol. The number of carboxylic acids is 1. The summed E-state index contributed by atoms with van der Waals surface area (Å²) in [5.74, 6) is -0.956. The molecular formula is C34H47NO7S. The zero-order valence-corrected chi connectivity index (χ0v) is 26.2. The van der Waals surface area contributed by atoms with Gasteiger partial charge >= 0.3 is 12.1 Å². The summed E-state index contributed by atoms with van der Waals surface area (Å²) in [6.45, 7) is 2.16. The predicted molar refractivity (Wildman–Crippen MR) is 176 cm³/mol. The number of phenols is 1. The molecule has 1 aromatic rings. The number of benzene rings is 1. The number of amides is 1. The zero-order valence-electron chi connectivity index (χ0n) is 25.4. The van der Waals surface area contributed by atoms with Crippen LogP contribution in [0.4, 0.5) is 10.5 Å². The molecule has 8 nitrogen and oxygen atoms in total. The van der Waals surface area contributed by atoms with E-state index < -0.39 is 23.2 Å². The third-order valence-corrected chi connectivity index (χ3v) is 7.23. The maximum absolute atomic E-state index is 12.5. The molecular weight excluding hydrogens is 566 g/mol. The predicted octanol–water partition coefficient (Wildman–Crippen LogP) is 8.62. The number of aromatic hydroxyl groups is 1. The van der Waals surface area contributed by atoms with Crippen molar-refractivity contribution in [1.82, 2.24) is 0 Å². The van der Waals surface area contributed by atoms with E-state index in [1.54, 1.807) is 0 Å². The smallest absolute Gasteiger partial charge is 0.411 e. The fourth-order valence-corrected chi connectivity index (χ4v) is 4.71. The lowest BCUT2D eigenvalue weighted by molar-refractivity contribution is -0.124. The summed E-state index contributed by atoms with van der Waals surface area (Å²) in [5, 5.41) is 21.0. The minimum atomic E-state index is -1.32. The van der Waals surface area contributed by atoms with Crippen LogP contribution in [0.5, 0.6) is 5.75 Å². The maximum Gasteiger partial charge on any atom is 0.411 e. The maximum atomic E-state index is 12.5. The van der Waals surface area contributed by atoms with E-state index in [1.807, 2.05) is 0 Å². The van der Waals surface area contributed by atoms with Crippen molar-refractivity contribution in [3.63, 3.8) is 0 Å². The lowest BCUT2D eigenvalue weighted by atomic mass is 10.2. The Morgan fingerprint density at radius 3 is 2.07 bits per heavy atom. The number of allylic oxidation sites excluding steroid dienone is 10. The van der Waals surface area contributed by atoms with Crippen LogP contribution in [0, 0.1) is 0 Å². The second-order valence-corrected chi connectivity index (χ2v) is 10.7. The Kier molecular flexibility index (Phi) is 21.8. The number of anilines is 1. The third-order valence-electron chi connectivity index (χ3n) is 5.94. The number of rotatable bonds is 23. The summed E-state index contributed by atoms with van der Waals surface area (Å²) in [7, 11) is 1.51. The number of methoxy groups -OCH3 is 1. The van der Waals surface area contributed by atoms with Gasteiger partial charge in [0.2, 0.25) is 0 Å². The standard InChI is InChI=1S/C34H47NO7S/c1-3-4-5-6-7-8-9-10-11-12-13-14-15-16-17-18-19-20-26-43-33(41-2)31(37)22-21-25-42-34(40)35-28-23-24-30(36)29(27-28)32(38)39/h4-5,7-8,10-11,13-14,16-17,23-24,27,33,36H,3,6,9,12,15,18-22,25-26H2,1-2H3,(H,35,40)(H,38,39)/b5-4-,8-7-,11-10-,14-13-,17-16-. The first-order chi connectivity index (χ1) is 20.9. The summed E-state index contributed by atoms with van der Waals surface area (Å²) in [4.78, 5) is 35.5. The highest BCUT2D eigenvalue weighted by Gasteiger charge is 2.18. The van der Waals surface area contributed by atoms with E-state index in [1.165, 1.54) is 31.0 Å². The Hall–Kier alpha value is -3.56. The largest absolute Gasteiger partial charge is 0.507 e. The van der Waals surface area contributed by atoms with Crippen molar-refractivity contribution in [3.8, 4) is 5.75 Å². The topological polar surface area (TPSA) is 122 Å². The van der Waals surface area contributed by atoms with Gasteiger partial charge < -0.3 is 19.7 Å².